The van der Waals surface area contributed by atoms with E-state index in [2.05, 4.69) is 5.32 Å². The molecule has 0 radical (unpaired) electrons. The molecule has 0 saturated carbocycles. The summed E-state index contributed by atoms with van der Waals surface area (Å²) < 4.78 is 67.8. The number of methoxy groups -OCH3 is 1. The lowest BCUT2D eigenvalue weighted by atomic mass is 10.2. The number of anilines is 1. The Morgan fingerprint density at radius 2 is 1.86 bits per heavy atom. The van der Waals surface area contributed by atoms with E-state index in [9.17, 15) is 26.0 Å². The fourth-order valence-corrected chi connectivity index (χ4v) is 7.31. The van der Waals surface area contributed by atoms with Crippen LogP contribution in [0.2, 0.25) is 0 Å². The molecule has 0 aromatic heterocycles. The lowest BCUT2D eigenvalue weighted by molar-refractivity contribution is 0.102. The zero-order valence-electron chi connectivity index (χ0n) is 14.9. The average Bonchev–Trinajstić information content (AvgIpc) is 3.03. The molecule has 1 amide bonds. The van der Waals surface area contributed by atoms with Crippen LogP contribution in [0.15, 0.2) is 47.4 Å². The Morgan fingerprint density at radius 3 is 2.43 bits per heavy atom. The van der Waals surface area contributed by atoms with Gasteiger partial charge in [0.15, 0.2) is 19.7 Å². The largest absolute Gasteiger partial charge is 0.497 e. The van der Waals surface area contributed by atoms with Crippen molar-refractivity contribution < 1.29 is 30.8 Å². The summed E-state index contributed by atoms with van der Waals surface area (Å²) in [4.78, 5) is 12.1. The standard InChI is InChI=1S/C18H18FNO6S2/c1-26-13-4-2-12(3-5-13)20-18(21)16-10-14(6-7-17(16)19)28(24,25)15-8-9-27(22,23)11-15/h2-7,10,15H,8-9,11H2,1H3,(H,20,21). The van der Waals surface area contributed by atoms with Crippen LogP contribution in [0.5, 0.6) is 5.75 Å². The minimum Gasteiger partial charge on any atom is -0.497 e. The molecule has 10 heteroatoms. The molecule has 1 fully saturated rings. The number of sulfone groups is 2. The summed E-state index contributed by atoms with van der Waals surface area (Å²) in [5, 5.41) is 1.39. The normalized spacial score (nSPS) is 18.6. The average molecular weight is 427 g/mol. The van der Waals surface area contributed by atoms with Crippen molar-refractivity contribution in [3.63, 3.8) is 0 Å². The van der Waals surface area contributed by atoms with Crippen LogP contribution in [0.4, 0.5) is 10.1 Å². The summed E-state index contributed by atoms with van der Waals surface area (Å²) in [6.07, 6.45) is -0.0184. The lowest BCUT2D eigenvalue weighted by Crippen LogP contribution is -2.23. The van der Waals surface area contributed by atoms with Gasteiger partial charge in [-0.1, -0.05) is 0 Å². The van der Waals surface area contributed by atoms with Crippen molar-refractivity contribution in [3.05, 3.63) is 53.8 Å². The zero-order valence-corrected chi connectivity index (χ0v) is 16.5. The maximum absolute atomic E-state index is 14.2. The molecular weight excluding hydrogens is 409 g/mol. The van der Waals surface area contributed by atoms with Crippen molar-refractivity contribution in [2.45, 2.75) is 16.6 Å². The topological polar surface area (TPSA) is 107 Å². The van der Waals surface area contributed by atoms with Crippen molar-refractivity contribution in [1.29, 1.82) is 0 Å². The van der Waals surface area contributed by atoms with Gasteiger partial charge in [-0.3, -0.25) is 4.79 Å². The number of carbonyl (C=O) groups excluding carboxylic acids is 1. The Morgan fingerprint density at radius 1 is 1.18 bits per heavy atom. The first kappa shape index (κ1) is 20.3. The molecule has 150 valence electrons. The van der Waals surface area contributed by atoms with Crippen LogP contribution in [0.1, 0.15) is 16.8 Å². The van der Waals surface area contributed by atoms with Crippen LogP contribution in [0.25, 0.3) is 0 Å². The molecule has 1 saturated heterocycles. The second kappa shape index (κ2) is 7.51. The maximum atomic E-state index is 14.2. The van der Waals surface area contributed by atoms with Crippen LogP contribution < -0.4 is 10.1 Å². The summed E-state index contributed by atoms with van der Waals surface area (Å²) in [5.41, 5.74) is -0.0712. The van der Waals surface area contributed by atoms with Crippen molar-refractivity contribution in [2.24, 2.45) is 0 Å². The fourth-order valence-electron chi connectivity index (χ4n) is 2.93. The quantitative estimate of drug-likeness (QED) is 0.732. The summed E-state index contributed by atoms with van der Waals surface area (Å²) in [6, 6.07) is 9.19. The highest BCUT2D eigenvalue weighted by atomic mass is 32.2. The second-order valence-corrected chi connectivity index (χ2v) is 10.9. The van der Waals surface area contributed by atoms with Gasteiger partial charge in [0.25, 0.3) is 5.91 Å². The van der Waals surface area contributed by atoms with Gasteiger partial charge in [0, 0.05) is 5.69 Å². The third-order valence-electron chi connectivity index (χ3n) is 4.49. The van der Waals surface area contributed by atoms with E-state index >= 15 is 0 Å². The number of nitrogens with one attached hydrogen (secondary N) is 1. The van der Waals surface area contributed by atoms with Crippen molar-refractivity contribution in [3.8, 4) is 5.75 Å². The first-order chi connectivity index (χ1) is 13.1. The van der Waals surface area contributed by atoms with E-state index in [0.29, 0.717) is 11.4 Å². The number of benzene rings is 2. The van der Waals surface area contributed by atoms with Crippen LogP contribution in [-0.2, 0) is 19.7 Å². The number of ether oxygens (including phenoxy) is 1. The monoisotopic (exact) mass is 427 g/mol. The molecule has 1 aliphatic heterocycles. The van der Waals surface area contributed by atoms with Crippen molar-refractivity contribution in [2.75, 3.05) is 23.9 Å². The van der Waals surface area contributed by atoms with Gasteiger partial charge in [0.2, 0.25) is 0 Å². The van der Waals surface area contributed by atoms with E-state index < -0.39 is 48.0 Å². The molecule has 2 aromatic carbocycles. The molecule has 0 aliphatic carbocycles. The molecule has 28 heavy (non-hydrogen) atoms. The first-order valence-corrected chi connectivity index (χ1v) is 11.7. The third kappa shape index (κ3) is 4.17. The summed E-state index contributed by atoms with van der Waals surface area (Å²) in [5.74, 6) is -1.81. The van der Waals surface area contributed by atoms with E-state index in [1.165, 1.54) is 7.11 Å². The van der Waals surface area contributed by atoms with Gasteiger partial charge in [-0.25, -0.2) is 21.2 Å². The molecule has 1 aliphatic rings. The Hall–Kier alpha value is -2.46. The van der Waals surface area contributed by atoms with Crippen molar-refractivity contribution >= 4 is 31.3 Å². The van der Waals surface area contributed by atoms with Gasteiger partial charge in [-0.05, 0) is 48.9 Å². The number of amides is 1. The SMILES string of the molecule is COc1ccc(NC(=O)c2cc(S(=O)(=O)C3CCS(=O)(=O)C3)ccc2F)cc1. The molecule has 0 bridgehead atoms. The van der Waals surface area contributed by atoms with Gasteiger partial charge >= 0.3 is 0 Å². The van der Waals surface area contributed by atoms with E-state index in [-0.39, 0.29) is 17.1 Å². The number of hydrogen-bond donors (Lipinski definition) is 1. The van der Waals surface area contributed by atoms with Gasteiger partial charge in [-0.15, -0.1) is 0 Å². The molecule has 3 rings (SSSR count). The fraction of sp³-hybridized carbons (Fsp3) is 0.278. The number of halogens is 1. The Bertz CT molecular complexity index is 1110. The lowest BCUT2D eigenvalue weighted by Gasteiger charge is -2.12. The molecule has 1 unspecified atom stereocenters. The van der Waals surface area contributed by atoms with Gasteiger partial charge in [0.1, 0.15) is 11.6 Å². The predicted molar refractivity (Wildman–Crippen MR) is 102 cm³/mol. The molecule has 1 heterocycles. The Labute approximate surface area is 162 Å². The van der Waals surface area contributed by atoms with E-state index in [0.717, 1.165) is 18.2 Å². The number of rotatable bonds is 5. The summed E-state index contributed by atoms with van der Waals surface area (Å²) >= 11 is 0. The van der Waals surface area contributed by atoms with E-state index in [1.807, 2.05) is 0 Å². The van der Waals surface area contributed by atoms with E-state index in [4.69, 9.17) is 4.74 Å². The van der Waals surface area contributed by atoms with E-state index in [1.54, 1.807) is 24.3 Å². The highest BCUT2D eigenvalue weighted by Gasteiger charge is 2.38. The van der Waals surface area contributed by atoms with Gasteiger partial charge in [0.05, 0.1) is 34.3 Å². The number of carbonyl (C=O) groups is 1. The molecule has 1 atom stereocenters. The Kier molecular flexibility index (Phi) is 5.44. The second-order valence-electron chi connectivity index (χ2n) is 6.39. The first-order valence-electron chi connectivity index (χ1n) is 8.32. The van der Waals surface area contributed by atoms with Gasteiger partial charge < -0.3 is 10.1 Å². The minimum absolute atomic E-state index is 0.0184. The molecule has 0 spiro atoms. The summed E-state index contributed by atoms with van der Waals surface area (Å²) in [7, 11) is -5.93. The zero-order chi connectivity index (χ0) is 20.5. The van der Waals surface area contributed by atoms with Crippen LogP contribution in [-0.4, -0.2) is 46.6 Å². The third-order valence-corrected chi connectivity index (χ3v) is 8.66. The maximum Gasteiger partial charge on any atom is 0.258 e. The summed E-state index contributed by atoms with van der Waals surface area (Å²) in [6.45, 7) is 0. The highest BCUT2D eigenvalue weighted by Crippen LogP contribution is 2.27. The molecule has 1 N–H and O–H groups in total. The van der Waals surface area contributed by atoms with Crippen LogP contribution in [0.3, 0.4) is 0 Å². The Balaban J connectivity index is 1.87. The minimum atomic E-state index is -4.01. The van der Waals surface area contributed by atoms with Crippen molar-refractivity contribution in [1.82, 2.24) is 0 Å². The smallest absolute Gasteiger partial charge is 0.258 e. The number of hydrogen-bond acceptors (Lipinski definition) is 6. The van der Waals surface area contributed by atoms with Gasteiger partial charge in [-0.2, -0.15) is 0 Å². The predicted octanol–water partition coefficient (Wildman–Crippen LogP) is 2.05. The molecular formula is C18H18FNO6S2. The highest BCUT2D eigenvalue weighted by molar-refractivity contribution is 7.96. The molecule has 7 nitrogen and oxygen atoms in total. The van der Waals surface area contributed by atoms with Crippen LogP contribution >= 0.6 is 0 Å². The van der Waals surface area contributed by atoms with Crippen LogP contribution in [0, 0.1) is 5.82 Å². The molecule has 2 aromatic rings.